The number of nitrogens with two attached hydrogens (primary N) is 1. The quantitative estimate of drug-likeness (QED) is 0.703. The van der Waals surface area contributed by atoms with E-state index in [4.69, 9.17) is 15.8 Å². The maximum absolute atomic E-state index is 10.8. The number of nitrogen functional groups attached to an aromatic ring is 1. The molecule has 29 heavy (non-hydrogen) atoms. The molecule has 0 unspecified atom stereocenters. The molecule has 2 aliphatic rings. The van der Waals surface area contributed by atoms with E-state index in [2.05, 4.69) is 29.5 Å². The van der Waals surface area contributed by atoms with Gasteiger partial charge in [0.25, 0.3) is 0 Å². The van der Waals surface area contributed by atoms with E-state index < -0.39 is 5.97 Å². The Labute approximate surface area is 177 Å². The van der Waals surface area contributed by atoms with Crippen LogP contribution in [0.3, 0.4) is 0 Å². The van der Waals surface area contributed by atoms with Crippen molar-refractivity contribution >= 4 is 23.0 Å². The van der Waals surface area contributed by atoms with Gasteiger partial charge in [0.2, 0.25) is 0 Å². The third-order valence-corrected chi connectivity index (χ3v) is 7.67. The molecule has 4 rings (SSSR count). The van der Waals surface area contributed by atoms with Crippen molar-refractivity contribution in [3.63, 3.8) is 0 Å². The lowest BCUT2D eigenvalue weighted by Gasteiger charge is -2.26. The van der Waals surface area contributed by atoms with Gasteiger partial charge in [0.1, 0.15) is 0 Å². The van der Waals surface area contributed by atoms with Crippen molar-refractivity contribution in [1.29, 1.82) is 0 Å². The van der Waals surface area contributed by atoms with Gasteiger partial charge in [-0.15, -0.1) is 11.3 Å². The molecular weight excluding hydrogens is 382 g/mol. The first-order valence-electron chi connectivity index (χ1n) is 10.8. The summed E-state index contributed by atoms with van der Waals surface area (Å²) in [5.41, 5.74) is 12.1. The van der Waals surface area contributed by atoms with Crippen LogP contribution in [-0.2, 0) is 17.6 Å². The van der Waals surface area contributed by atoms with Gasteiger partial charge in [-0.25, -0.2) is 4.98 Å². The average Bonchev–Trinajstić information content (AvgIpc) is 3.12. The Balaban J connectivity index is 1.45. The van der Waals surface area contributed by atoms with Gasteiger partial charge in [0.05, 0.1) is 10.7 Å². The van der Waals surface area contributed by atoms with Crippen molar-refractivity contribution in [2.75, 3.05) is 25.9 Å². The zero-order chi connectivity index (χ0) is 20.4. The lowest BCUT2D eigenvalue weighted by atomic mass is 9.80. The Kier molecular flexibility index (Phi) is 6.20. The van der Waals surface area contributed by atoms with Crippen LogP contribution in [0.2, 0.25) is 0 Å². The molecule has 156 valence electrons. The lowest BCUT2D eigenvalue weighted by Crippen LogP contribution is -2.20. The second-order valence-corrected chi connectivity index (χ2v) is 9.62. The molecule has 0 bridgehead atoms. The number of carboxylic acid groups (broad SMARTS) is 1. The highest BCUT2D eigenvalue weighted by Gasteiger charge is 2.25. The zero-order valence-electron chi connectivity index (χ0n) is 17.2. The fourth-order valence-electron chi connectivity index (χ4n) is 4.75. The van der Waals surface area contributed by atoms with Crippen molar-refractivity contribution in [2.45, 2.75) is 57.3 Å². The topological polar surface area (TPSA) is 79.5 Å². The summed E-state index contributed by atoms with van der Waals surface area (Å²) in [5, 5.41) is 12.3. The molecule has 1 aliphatic carbocycles. The first-order chi connectivity index (χ1) is 14.0. The molecule has 0 saturated heterocycles. The Morgan fingerprint density at radius 2 is 1.90 bits per heavy atom. The number of carboxylic acids is 1. The third-order valence-electron chi connectivity index (χ3n) is 6.66. The molecule has 0 atom stereocenters. The van der Waals surface area contributed by atoms with E-state index in [-0.39, 0.29) is 0 Å². The Morgan fingerprint density at radius 1 is 1.21 bits per heavy atom. The minimum absolute atomic E-state index is 0.296. The van der Waals surface area contributed by atoms with E-state index in [1.807, 2.05) is 0 Å². The molecule has 1 saturated carbocycles. The molecule has 1 aliphatic heterocycles. The normalized spacial score (nSPS) is 22.8. The van der Waals surface area contributed by atoms with Crippen molar-refractivity contribution in [1.82, 2.24) is 9.88 Å². The number of hydrogen-bond donors (Lipinski definition) is 2. The first-order valence-corrected chi connectivity index (χ1v) is 11.6. The molecule has 0 spiro atoms. The molecule has 3 N–H and O–H groups in total. The second kappa shape index (κ2) is 8.84. The van der Waals surface area contributed by atoms with Crippen molar-refractivity contribution < 1.29 is 9.90 Å². The number of likely N-dealkylation sites (N-methyl/N-ethyl adjacent to an activating group) is 1. The van der Waals surface area contributed by atoms with Crippen LogP contribution in [0.5, 0.6) is 0 Å². The maximum Gasteiger partial charge on any atom is 0.303 e. The molecule has 1 fully saturated rings. The fourth-order valence-corrected chi connectivity index (χ4v) is 5.75. The Bertz CT molecular complexity index is 871. The number of aromatic nitrogens is 1. The number of hydrogen-bond acceptors (Lipinski definition) is 5. The summed E-state index contributed by atoms with van der Waals surface area (Å²) in [6.07, 6.45) is 7.69. The molecular formula is C23H31N3O2S. The zero-order valence-corrected chi connectivity index (χ0v) is 18.0. The molecule has 6 heteroatoms. The largest absolute Gasteiger partial charge is 0.481 e. The van der Waals surface area contributed by atoms with Gasteiger partial charge in [-0.05, 0) is 81.2 Å². The van der Waals surface area contributed by atoms with E-state index in [0.29, 0.717) is 18.3 Å². The Morgan fingerprint density at radius 3 is 2.59 bits per heavy atom. The number of nitrogens with zero attached hydrogens (tertiary/aromatic N) is 2. The van der Waals surface area contributed by atoms with E-state index in [1.54, 1.807) is 11.3 Å². The van der Waals surface area contributed by atoms with E-state index in [1.165, 1.54) is 16.1 Å². The number of rotatable bonds is 5. The van der Waals surface area contributed by atoms with Crippen LogP contribution in [0.4, 0.5) is 5.69 Å². The summed E-state index contributed by atoms with van der Waals surface area (Å²) in [7, 11) is 2.18. The highest BCUT2D eigenvalue weighted by molar-refractivity contribution is 7.10. The molecule has 2 aromatic rings. The molecule has 0 amide bonds. The summed E-state index contributed by atoms with van der Waals surface area (Å²) in [4.78, 5) is 18.2. The maximum atomic E-state index is 10.8. The summed E-state index contributed by atoms with van der Waals surface area (Å²) in [6.45, 7) is 2.17. The standard InChI is InChI=1S/C23H31N3O2S/c1-26-10-8-17-12-19(20(24)13-18(17)9-11-26)21-14-29-23(25-21)16-5-2-15(3-6-16)4-7-22(27)28/h12-16H,2-11,24H2,1H3,(H,27,28). The molecule has 5 nitrogen and oxygen atoms in total. The van der Waals surface area contributed by atoms with Crippen LogP contribution in [0, 0.1) is 5.92 Å². The highest BCUT2D eigenvalue weighted by Crippen LogP contribution is 2.40. The predicted octanol–water partition coefficient (Wildman–Crippen LogP) is 4.56. The molecule has 1 aromatic carbocycles. The summed E-state index contributed by atoms with van der Waals surface area (Å²) >= 11 is 1.75. The Hall–Kier alpha value is -1.92. The van der Waals surface area contributed by atoms with E-state index in [9.17, 15) is 4.79 Å². The lowest BCUT2D eigenvalue weighted by molar-refractivity contribution is -0.137. The van der Waals surface area contributed by atoms with Crippen LogP contribution in [-0.4, -0.2) is 41.1 Å². The number of carbonyl (C=O) groups is 1. The molecule has 0 radical (unpaired) electrons. The van der Waals surface area contributed by atoms with Crippen molar-refractivity contribution in [2.24, 2.45) is 5.92 Å². The number of anilines is 1. The highest BCUT2D eigenvalue weighted by atomic mass is 32.1. The van der Waals surface area contributed by atoms with E-state index >= 15 is 0 Å². The van der Waals surface area contributed by atoms with Gasteiger partial charge < -0.3 is 15.7 Å². The van der Waals surface area contributed by atoms with Crippen molar-refractivity contribution in [3.8, 4) is 11.3 Å². The minimum atomic E-state index is -0.679. The molecule has 2 heterocycles. The van der Waals surface area contributed by atoms with Crippen LogP contribution >= 0.6 is 11.3 Å². The number of aliphatic carboxylic acids is 1. The van der Waals surface area contributed by atoms with Crippen LogP contribution in [0.1, 0.15) is 60.6 Å². The van der Waals surface area contributed by atoms with Crippen LogP contribution < -0.4 is 5.73 Å². The summed E-state index contributed by atoms with van der Waals surface area (Å²) in [6, 6.07) is 4.43. The number of benzene rings is 1. The van der Waals surface area contributed by atoms with Gasteiger partial charge >= 0.3 is 5.97 Å². The SMILES string of the molecule is CN1CCc2cc(N)c(-c3csc(C4CCC(CCC(=O)O)CC4)n3)cc2CC1. The first kappa shape index (κ1) is 20.4. The number of fused-ring (bicyclic) bond motifs is 1. The van der Waals surface area contributed by atoms with Gasteiger partial charge in [-0.2, -0.15) is 0 Å². The monoisotopic (exact) mass is 413 g/mol. The van der Waals surface area contributed by atoms with E-state index in [0.717, 1.165) is 75.0 Å². The van der Waals surface area contributed by atoms with Gasteiger partial charge in [-0.1, -0.05) is 0 Å². The third kappa shape index (κ3) is 4.81. The smallest absolute Gasteiger partial charge is 0.303 e. The summed E-state index contributed by atoms with van der Waals surface area (Å²) < 4.78 is 0. The fraction of sp³-hybridized carbons (Fsp3) is 0.565. The molecule has 1 aromatic heterocycles. The number of thiazole rings is 1. The van der Waals surface area contributed by atoms with Crippen LogP contribution in [0.25, 0.3) is 11.3 Å². The minimum Gasteiger partial charge on any atom is -0.481 e. The van der Waals surface area contributed by atoms with Gasteiger partial charge in [0, 0.05) is 42.1 Å². The van der Waals surface area contributed by atoms with Gasteiger partial charge in [-0.3, -0.25) is 4.79 Å². The second-order valence-electron chi connectivity index (χ2n) is 8.73. The van der Waals surface area contributed by atoms with Crippen LogP contribution in [0.15, 0.2) is 17.5 Å². The average molecular weight is 414 g/mol. The van der Waals surface area contributed by atoms with Crippen molar-refractivity contribution in [3.05, 3.63) is 33.6 Å². The summed E-state index contributed by atoms with van der Waals surface area (Å²) in [5.74, 6) is 0.382. The predicted molar refractivity (Wildman–Crippen MR) is 118 cm³/mol. The van der Waals surface area contributed by atoms with Gasteiger partial charge in [0.15, 0.2) is 0 Å².